The Hall–Kier alpha value is -2.81. The van der Waals surface area contributed by atoms with E-state index in [2.05, 4.69) is 14.9 Å². The summed E-state index contributed by atoms with van der Waals surface area (Å²) < 4.78 is 41.9. The van der Waals surface area contributed by atoms with Crippen molar-refractivity contribution in [2.75, 3.05) is 6.54 Å². The average Bonchev–Trinajstić information content (AvgIpc) is 3.05. The van der Waals surface area contributed by atoms with E-state index < -0.39 is 11.9 Å². The number of aryl methyl sites for hydroxylation is 1. The highest BCUT2D eigenvalue weighted by molar-refractivity contribution is 5.87. The van der Waals surface area contributed by atoms with Gasteiger partial charge in [0, 0.05) is 61.7 Å². The Morgan fingerprint density at radius 1 is 1.03 bits per heavy atom. The number of fused-ring (bicyclic) bond motifs is 3. The number of hydrogen-bond acceptors (Lipinski definition) is 3. The Bertz CT molecular complexity index is 1360. The van der Waals surface area contributed by atoms with Crippen LogP contribution in [0.2, 0.25) is 0 Å². The summed E-state index contributed by atoms with van der Waals surface area (Å²) in [5, 5.41) is 4.57. The van der Waals surface area contributed by atoms with Gasteiger partial charge in [-0.25, -0.2) is 0 Å². The maximum atomic E-state index is 12.8. The summed E-state index contributed by atoms with van der Waals surface area (Å²) in [5.74, 6) is 0. The molecule has 0 atom stereocenters. The van der Waals surface area contributed by atoms with E-state index in [4.69, 9.17) is 0 Å². The summed E-state index contributed by atoms with van der Waals surface area (Å²) in [4.78, 5) is 16.3. The van der Waals surface area contributed by atoms with E-state index in [0.29, 0.717) is 11.1 Å². The lowest BCUT2D eigenvalue weighted by molar-refractivity contribution is -0.141. The number of aromatic nitrogens is 3. The highest BCUT2D eigenvalue weighted by Crippen LogP contribution is 2.30. The molecule has 4 heterocycles. The number of alkyl halides is 3. The molecule has 0 spiro atoms. The zero-order chi connectivity index (χ0) is 21.8. The van der Waals surface area contributed by atoms with Crippen molar-refractivity contribution in [3.05, 3.63) is 82.2 Å². The molecule has 5 rings (SSSR count). The van der Waals surface area contributed by atoms with Gasteiger partial charge in [-0.15, -0.1) is 24.8 Å². The van der Waals surface area contributed by atoms with Gasteiger partial charge in [-0.1, -0.05) is 12.1 Å². The Kier molecular flexibility index (Phi) is 6.93. The van der Waals surface area contributed by atoms with Gasteiger partial charge < -0.3 is 9.88 Å². The number of pyridine rings is 2. The van der Waals surface area contributed by atoms with Crippen LogP contribution in [-0.2, 0) is 26.2 Å². The van der Waals surface area contributed by atoms with Crippen molar-refractivity contribution in [1.29, 1.82) is 0 Å². The van der Waals surface area contributed by atoms with Crippen LogP contribution in [0.5, 0.6) is 0 Å². The molecule has 0 bridgehead atoms. The van der Waals surface area contributed by atoms with Gasteiger partial charge in [0.15, 0.2) is 0 Å². The van der Waals surface area contributed by atoms with Crippen molar-refractivity contribution in [2.45, 2.75) is 19.1 Å². The third-order valence-electron chi connectivity index (χ3n) is 5.85. The third-order valence-corrected chi connectivity index (χ3v) is 5.85. The van der Waals surface area contributed by atoms with Crippen molar-refractivity contribution in [3.63, 3.8) is 0 Å². The van der Waals surface area contributed by atoms with E-state index in [9.17, 15) is 18.0 Å². The quantitative estimate of drug-likeness (QED) is 0.429. The van der Waals surface area contributed by atoms with E-state index in [1.165, 1.54) is 33.3 Å². The van der Waals surface area contributed by atoms with Crippen molar-refractivity contribution < 1.29 is 13.2 Å². The molecule has 33 heavy (non-hydrogen) atoms. The molecule has 1 aromatic carbocycles. The van der Waals surface area contributed by atoms with Gasteiger partial charge >= 0.3 is 6.18 Å². The summed E-state index contributed by atoms with van der Waals surface area (Å²) in [6.07, 6.45) is -0.754. The molecule has 0 amide bonds. The molecule has 5 nitrogen and oxygen atoms in total. The summed E-state index contributed by atoms with van der Waals surface area (Å²) >= 11 is 0. The number of nitrogens with one attached hydrogen (secondary N) is 1. The fraction of sp³-hybridized carbons (Fsp3) is 0.217. The predicted molar refractivity (Wildman–Crippen MR) is 127 cm³/mol. The van der Waals surface area contributed by atoms with Crippen LogP contribution in [0.25, 0.3) is 27.7 Å². The molecule has 10 heteroatoms. The van der Waals surface area contributed by atoms with Gasteiger partial charge in [-0.05, 0) is 35.4 Å². The minimum Gasteiger partial charge on any atom is -0.347 e. The zero-order valence-corrected chi connectivity index (χ0v) is 19.2. The second-order valence-electron chi connectivity index (χ2n) is 7.67. The lowest BCUT2D eigenvalue weighted by Gasteiger charge is -2.14. The van der Waals surface area contributed by atoms with Crippen molar-refractivity contribution in [3.8, 4) is 16.8 Å². The number of nitrogens with zero attached hydrogens (tertiary/aromatic N) is 3. The van der Waals surface area contributed by atoms with Crippen LogP contribution in [0.4, 0.5) is 13.2 Å². The van der Waals surface area contributed by atoms with Crippen LogP contribution < -0.4 is 10.9 Å². The monoisotopic (exact) mass is 496 g/mol. The number of halogens is 5. The molecule has 0 unspecified atom stereocenters. The highest BCUT2D eigenvalue weighted by Gasteiger charge is 2.32. The van der Waals surface area contributed by atoms with E-state index in [-0.39, 0.29) is 30.4 Å². The third kappa shape index (κ3) is 4.38. The number of hydrogen-bond donors (Lipinski definition) is 1. The van der Waals surface area contributed by atoms with Crippen LogP contribution in [0.1, 0.15) is 17.0 Å². The summed E-state index contributed by atoms with van der Waals surface area (Å²) in [6.45, 7) is 1.78. The van der Waals surface area contributed by atoms with Crippen LogP contribution >= 0.6 is 24.8 Å². The fourth-order valence-corrected chi connectivity index (χ4v) is 4.25. The van der Waals surface area contributed by atoms with E-state index in [0.717, 1.165) is 43.0 Å². The Morgan fingerprint density at radius 2 is 1.82 bits per heavy atom. The molecule has 0 saturated heterocycles. The molecule has 4 aromatic rings. The van der Waals surface area contributed by atoms with Crippen molar-refractivity contribution in [2.24, 2.45) is 7.05 Å². The number of benzene rings is 1. The first kappa shape index (κ1) is 24.8. The second kappa shape index (κ2) is 9.21. The SMILES string of the molecule is Cl.Cl.Cn1c2c(c3ccc(-n4ccc(-c5ccc(C(F)(F)F)nc5)cc4=O)cc31)CNCC2. The summed E-state index contributed by atoms with van der Waals surface area (Å²) in [7, 11) is 2.04. The maximum absolute atomic E-state index is 12.8. The lowest BCUT2D eigenvalue weighted by atomic mass is 10.1. The molecule has 174 valence electrons. The predicted octanol–water partition coefficient (Wildman–Crippen LogP) is 4.90. The highest BCUT2D eigenvalue weighted by atomic mass is 35.5. The smallest absolute Gasteiger partial charge is 0.347 e. The first-order valence-corrected chi connectivity index (χ1v) is 9.90. The fourth-order valence-electron chi connectivity index (χ4n) is 4.25. The molecule has 0 fully saturated rings. The molecular formula is C23H21Cl2F3N4O. The average molecular weight is 497 g/mol. The molecule has 1 aliphatic rings. The molecular weight excluding hydrogens is 476 g/mol. The van der Waals surface area contributed by atoms with Gasteiger partial charge in [0.1, 0.15) is 5.69 Å². The molecule has 1 aliphatic heterocycles. The molecule has 1 N–H and O–H groups in total. The minimum absolute atomic E-state index is 0. The normalized spacial score (nSPS) is 13.2. The minimum atomic E-state index is -4.49. The molecule has 0 radical (unpaired) electrons. The molecule has 0 aliphatic carbocycles. The van der Waals surface area contributed by atoms with Crippen molar-refractivity contribution in [1.82, 2.24) is 19.4 Å². The van der Waals surface area contributed by atoms with E-state index >= 15 is 0 Å². The first-order valence-electron chi connectivity index (χ1n) is 9.90. The van der Waals surface area contributed by atoms with Crippen LogP contribution in [-0.4, -0.2) is 20.7 Å². The summed E-state index contributed by atoms with van der Waals surface area (Å²) in [6, 6.07) is 11.3. The Balaban J connectivity index is 0.00000153. The Morgan fingerprint density at radius 3 is 2.48 bits per heavy atom. The van der Waals surface area contributed by atoms with Gasteiger partial charge in [-0.2, -0.15) is 13.2 Å². The lowest BCUT2D eigenvalue weighted by Crippen LogP contribution is -2.24. The standard InChI is InChI=1S/C23H19F3N4O.2ClH/c1-29-19-6-8-27-13-18(19)17-4-3-16(11-20(17)29)30-9-7-14(10-22(30)31)15-2-5-21(28-12-15)23(24,25)26;;/h2-5,7,9-12,27H,6,8,13H2,1H3;2*1H. The largest absolute Gasteiger partial charge is 0.433 e. The van der Waals surface area contributed by atoms with Crippen LogP contribution in [0, 0.1) is 0 Å². The molecule has 3 aromatic heterocycles. The van der Waals surface area contributed by atoms with Crippen LogP contribution in [0.15, 0.2) is 59.7 Å². The van der Waals surface area contributed by atoms with Gasteiger partial charge in [0.05, 0.1) is 11.2 Å². The van der Waals surface area contributed by atoms with Gasteiger partial charge in [0.25, 0.3) is 5.56 Å². The van der Waals surface area contributed by atoms with E-state index in [1.54, 1.807) is 12.3 Å². The van der Waals surface area contributed by atoms with Crippen molar-refractivity contribution >= 4 is 35.7 Å². The van der Waals surface area contributed by atoms with E-state index in [1.807, 2.05) is 25.2 Å². The van der Waals surface area contributed by atoms with Crippen LogP contribution in [0.3, 0.4) is 0 Å². The maximum Gasteiger partial charge on any atom is 0.433 e. The van der Waals surface area contributed by atoms with Gasteiger partial charge in [-0.3, -0.25) is 14.3 Å². The van der Waals surface area contributed by atoms with Gasteiger partial charge in [0.2, 0.25) is 0 Å². The summed E-state index contributed by atoms with van der Waals surface area (Å²) in [5.41, 5.74) is 4.15. The number of rotatable bonds is 2. The topological polar surface area (TPSA) is 51.9 Å². The Labute approximate surface area is 200 Å². The molecule has 0 saturated carbocycles. The zero-order valence-electron chi connectivity index (χ0n) is 17.5. The second-order valence-corrected chi connectivity index (χ2v) is 7.67. The first-order chi connectivity index (χ1) is 14.8.